The lowest BCUT2D eigenvalue weighted by molar-refractivity contribution is 0.493. The Kier molecular flexibility index (Phi) is 4.05. The Morgan fingerprint density at radius 3 is 2.73 bits per heavy atom. The summed E-state index contributed by atoms with van der Waals surface area (Å²) in [5, 5.41) is 7.48. The number of nitrogens with zero attached hydrogens (tertiary/aromatic N) is 3. The summed E-state index contributed by atoms with van der Waals surface area (Å²) in [6.45, 7) is 1.66. The first kappa shape index (κ1) is 11.9. The molecular weight excluding hydrogens is 218 g/mol. The molecule has 0 radical (unpaired) electrons. The molecule has 1 fully saturated rings. The van der Waals surface area contributed by atoms with Gasteiger partial charge in [0.15, 0.2) is 0 Å². The van der Waals surface area contributed by atoms with Crippen molar-refractivity contribution < 1.29 is 0 Å². The molecule has 7 heteroatoms. The molecule has 0 aromatic carbocycles. The molecule has 6 nitrogen and oxygen atoms in total. The van der Waals surface area contributed by atoms with Gasteiger partial charge in [0, 0.05) is 19.1 Å². The van der Waals surface area contributed by atoms with Gasteiger partial charge in [-0.3, -0.25) is 9.78 Å². The lowest BCUT2D eigenvalue weighted by Crippen LogP contribution is -2.41. The number of nitrogens with two attached hydrogens (primary N) is 1. The van der Waals surface area contributed by atoms with Gasteiger partial charge in [0.25, 0.3) is 5.56 Å². The molecule has 1 aromatic rings. The number of anilines is 1. The Morgan fingerprint density at radius 1 is 1.47 bits per heavy atom. The second-order valence-electron chi connectivity index (χ2n) is 3.48. The number of halogens is 1. The zero-order valence-corrected chi connectivity index (χ0v) is 9.04. The van der Waals surface area contributed by atoms with Crippen LogP contribution >= 0.6 is 12.4 Å². The number of piperidine rings is 1. The molecule has 0 spiro atoms. The summed E-state index contributed by atoms with van der Waals surface area (Å²) >= 11 is 0. The van der Waals surface area contributed by atoms with E-state index in [1.165, 1.54) is 6.20 Å². The Labute approximate surface area is 93.3 Å². The minimum atomic E-state index is -0.218. The van der Waals surface area contributed by atoms with Crippen molar-refractivity contribution in [3.8, 4) is 0 Å². The average Bonchev–Trinajstić information content (AvgIpc) is 2.19. The maximum absolute atomic E-state index is 11.0. The van der Waals surface area contributed by atoms with Crippen LogP contribution in [0.4, 0.5) is 5.95 Å². The molecule has 0 atom stereocenters. The molecular formula is C8H14ClN5O. The first-order valence-corrected chi connectivity index (χ1v) is 4.68. The quantitative estimate of drug-likeness (QED) is 0.681. The number of rotatable bonds is 1. The van der Waals surface area contributed by atoms with E-state index < -0.39 is 0 Å². The Bertz CT molecular complexity index is 360. The third-order valence-electron chi connectivity index (χ3n) is 2.40. The normalized spacial score (nSPS) is 17.3. The summed E-state index contributed by atoms with van der Waals surface area (Å²) in [4.78, 5) is 15.6. The van der Waals surface area contributed by atoms with Crippen molar-refractivity contribution in [1.29, 1.82) is 0 Å². The van der Waals surface area contributed by atoms with Crippen molar-refractivity contribution in [3.63, 3.8) is 0 Å². The smallest absolute Gasteiger partial charge is 0.271 e. The molecule has 1 aromatic heterocycles. The summed E-state index contributed by atoms with van der Waals surface area (Å²) in [7, 11) is 0. The van der Waals surface area contributed by atoms with E-state index in [0.29, 0.717) is 5.95 Å². The van der Waals surface area contributed by atoms with Gasteiger partial charge >= 0.3 is 0 Å². The monoisotopic (exact) mass is 231 g/mol. The van der Waals surface area contributed by atoms with Crippen molar-refractivity contribution in [2.45, 2.75) is 18.9 Å². The highest BCUT2D eigenvalue weighted by Crippen LogP contribution is 2.12. The second kappa shape index (κ2) is 5.09. The van der Waals surface area contributed by atoms with Crippen LogP contribution in [0.2, 0.25) is 0 Å². The van der Waals surface area contributed by atoms with Crippen molar-refractivity contribution >= 4 is 18.4 Å². The number of aromatic nitrogens is 3. The van der Waals surface area contributed by atoms with Gasteiger partial charge in [-0.25, -0.2) is 0 Å². The van der Waals surface area contributed by atoms with Crippen LogP contribution in [0.25, 0.3) is 0 Å². The lowest BCUT2D eigenvalue weighted by atomic mass is 10.1. The molecule has 3 N–H and O–H groups in total. The van der Waals surface area contributed by atoms with Crippen LogP contribution < -0.4 is 16.2 Å². The lowest BCUT2D eigenvalue weighted by Gasteiger charge is -2.29. The minimum absolute atomic E-state index is 0. The number of aromatic amines is 1. The molecule has 1 aliphatic heterocycles. The molecule has 2 rings (SSSR count). The highest BCUT2D eigenvalue weighted by molar-refractivity contribution is 5.85. The van der Waals surface area contributed by atoms with Gasteiger partial charge in [0.05, 0.1) is 0 Å². The van der Waals surface area contributed by atoms with E-state index in [1.54, 1.807) is 0 Å². The summed E-state index contributed by atoms with van der Waals surface area (Å²) in [5.41, 5.74) is 5.55. The molecule has 0 unspecified atom stereocenters. The van der Waals surface area contributed by atoms with Gasteiger partial charge in [-0.2, -0.15) is 0 Å². The summed E-state index contributed by atoms with van der Waals surface area (Å²) in [6.07, 6.45) is 3.02. The zero-order valence-electron chi connectivity index (χ0n) is 8.22. The van der Waals surface area contributed by atoms with E-state index in [-0.39, 0.29) is 24.0 Å². The van der Waals surface area contributed by atoms with Crippen LogP contribution in [0.5, 0.6) is 0 Å². The average molecular weight is 232 g/mol. The number of H-pyrrole nitrogens is 1. The largest absolute Gasteiger partial charge is 0.341 e. The fourth-order valence-electron chi connectivity index (χ4n) is 1.56. The second-order valence-corrected chi connectivity index (χ2v) is 3.48. The van der Waals surface area contributed by atoms with Gasteiger partial charge in [-0.15, -0.1) is 22.6 Å². The fourth-order valence-corrected chi connectivity index (χ4v) is 1.56. The highest BCUT2D eigenvalue weighted by Gasteiger charge is 2.17. The number of hydrogen-bond acceptors (Lipinski definition) is 5. The van der Waals surface area contributed by atoms with Crippen molar-refractivity contribution in [2.24, 2.45) is 5.73 Å². The van der Waals surface area contributed by atoms with Crippen LogP contribution in [0.1, 0.15) is 12.8 Å². The first-order chi connectivity index (χ1) is 6.75. The zero-order chi connectivity index (χ0) is 9.97. The Hall–Kier alpha value is -1.14. The van der Waals surface area contributed by atoms with Crippen LogP contribution in [0.15, 0.2) is 11.0 Å². The molecule has 2 heterocycles. The highest BCUT2D eigenvalue weighted by atomic mass is 35.5. The third kappa shape index (κ3) is 2.90. The predicted octanol–water partition coefficient (Wildman–Crippen LogP) is -0.486. The van der Waals surface area contributed by atoms with Crippen LogP contribution in [0, 0.1) is 0 Å². The fraction of sp³-hybridized carbons (Fsp3) is 0.625. The van der Waals surface area contributed by atoms with E-state index in [0.717, 1.165) is 25.9 Å². The van der Waals surface area contributed by atoms with E-state index in [2.05, 4.69) is 15.2 Å². The van der Waals surface area contributed by atoms with Gasteiger partial charge in [0.1, 0.15) is 6.20 Å². The van der Waals surface area contributed by atoms with Crippen molar-refractivity contribution in [2.75, 3.05) is 18.0 Å². The molecule has 0 amide bonds. The maximum Gasteiger partial charge on any atom is 0.271 e. The Balaban J connectivity index is 0.00000112. The number of nitrogens with one attached hydrogen (secondary N) is 1. The maximum atomic E-state index is 11.0. The molecule has 15 heavy (non-hydrogen) atoms. The molecule has 84 valence electrons. The molecule has 1 saturated heterocycles. The van der Waals surface area contributed by atoms with Crippen LogP contribution in [-0.2, 0) is 0 Å². The van der Waals surface area contributed by atoms with Crippen LogP contribution in [0.3, 0.4) is 0 Å². The van der Waals surface area contributed by atoms with E-state index in [4.69, 9.17) is 5.73 Å². The molecule has 0 bridgehead atoms. The van der Waals surface area contributed by atoms with E-state index in [1.807, 2.05) is 4.90 Å². The molecule has 0 saturated carbocycles. The van der Waals surface area contributed by atoms with Gasteiger partial charge < -0.3 is 10.6 Å². The summed E-state index contributed by atoms with van der Waals surface area (Å²) in [6, 6.07) is 0.273. The number of hydrogen-bond donors (Lipinski definition) is 2. The summed E-state index contributed by atoms with van der Waals surface area (Å²) < 4.78 is 0. The summed E-state index contributed by atoms with van der Waals surface area (Å²) in [5.74, 6) is 0.546. The van der Waals surface area contributed by atoms with Gasteiger partial charge in [-0.1, -0.05) is 0 Å². The van der Waals surface area contributed by atoms with Crippen LogP contribution in [-0.4, -0.2) is 34.3 Å². The predicted molar refractivity (Wildman–Crippen MR) is 59.3 cm³/mol. The van der Waals surface area contributed by atoms with Crippen molar-refractivity contribution in [3.05, 3.63) is 16.6 Å². The molecule has 1 aliphatic rings. The van der Waals surface area contributed by atoms with E-state index >= 15 is 0 Å². The topological polar surface area (TPSA) is 87.9 Å². The van der Waals surface area contributed by atoms with Gasteiger partial charge in [0.2, 0.25) is 5.95 Å². The van der Waals surface area contributed by atoms with Gasteiger partial charge in [-0.05, 0) is 12.8 Å². The SMILES string of the molecule is Cl.NC1CCN(c2nncc(=O)[nH]2)CC1. The molecule has 0 aliphatic carbocycles. The Morgan fingerprint density at radius 2 is 2.13 bits per heavy atom. The standard InChI is InChI=1S/C8H13N5O.ClH/c9-6-1-3-13(4-2-6)8-11-7(14)5-10-12-8;/h5-6H,1-4,9H2,(H,11,12,14);1H. The van der Waals surface area contributed by atoms with Crippen molar-refractivity contribution in [1.82, 2.24) is 15.2 Å². The first-order valence-electron chi connectivity index (χ1n) is 4.68. The minimum Gasteiger partial charge on any atom is -0.341 e. The third-order valence-corrected chi connectivity index (χ3v) is 2.40. The van der Waals surface area contributed by atoms with E-state index in [9.17, 15) is 4.79 Å².